The molecule has 106 valence electrons. The predicted octanol–water partition coefficient (Wildman–Crippen LogP) is 1.33. The van der Waals surface area contributed by atoms with Crippen LogP contribution < -0.4 is 10.5 Å². The Hall–Kier alpha value is -1.76. The van der Waals surface area contributed by atoms with Crippen LogP contribution in [0.2, 0.25) is 0 Å². The molecule has 0 atom stereocenters. The summed E-state index contributed by atoms with van der Waals surface area (Å²) in [6.07, 6.45) is 1.66. The van der Waals surface area contributed by atoms with E-state index >= 15 is 0 Å². The summed E-state index contributed by atoms with van der Waals surface area (Å²) in [7, 11) is -3.53. The van der Waals surface area contributed by atoms with E-state index in [-0.39, 0.29) is 11.4 Å². The number of nitrogens with two attached hydrogens (primary N) is 1. The van der Waals surface area contributed by atoms with E-state index in [2.05, 4.69) is 9.71 Å². The Kier molecular flexibility index (Phi) is 4.49. The Morgan fingerprint density at radius 3 is 2.65 bits per heavy atom. The van der Waals surface area contributed by atoms with E-state index < -0.39 is 10.0 Å². The maximum atomic E-state index is 12.2. The molecular weight excluding hydrogens is 274 g/mol. The van der Waals surface area contributed by atoms with Gasteiger partial charge in [0.1, 0.15) is 0 Å². The van der Waals surface area contributed by atoms with Crippen LogP contribution in [0.4, 0.5) is 0 Å². The molecule has 0 fully saturated rings. The quantitative estimate of drug-likeness (QED) is 0.870. The molecule has 0 radical (unpaired) electrons. The van der Waals surface area contributed by atoms with Gasteiger partial charge >= 0.3 is 0 Å². The molecule has 0 amide bonds. The third kappa shape index (κ3) is 3.63. The topological polar surface area (TPSA) is 85.1 Å². The Morgan fingerprint density at radius 2 is 2.00 bits per heavy atom. The third-order valence-electron chi connectivity index (χ3n) is 2.88. The minimum Gasteiger partial charge on any atom is -0.326 e. The second kappa shape index (κ2) is 6.13. The molecule has 0 aliphatic heterocycles. The molecule has 20 heavy (non-hydrogen) atoms. The lowest BCUT2D eigenvalue weighted by Crippen LogP contribution is -2.23. The molecule has 2 aromatic rings. The Morgan fingerprint density at radius 1 is 1.20 bits per heavy atom. The average molecular weight is 291 g/mol. The second-order valence-corrected chi connectivity index (χ2v) is 6.25. The molecule has 0 aliphatic rings. The molecule has 1 heterocycles. The van der Waals surface area contributed by atoms with Gasteiger partial charge in [0, 0.05) is 25.0 Å². The fourth-order valence-electron chi connectivity index (χ4n) is 1.70. The van der Waals surface area contributed by atoms with Crippen LogP contribution in [-0.2, 0) is 23.1 Å². The van der Waals surface area contributed by atoms with Crippen LogP contribution in [0.25, 0.3) is 0 Å². The molecule has 0 aliphatic carbocycles. The van der Waals surface area contributed by atoms with Gasteiger partial charge in [0.15, 0.2) is 0 Å². The second-order valence-electron chi connectivity index (χ2n) is 4.48. The first-order valence-electron chi connectivity index (χ1n) is 6.21. The van der Waals surface area contributed by atoms with Crippen LogP contribution in [0.1, 0.15) is 16.8 Å². The molecular formula is C14H17N3O2S. The predicted molar refractivity (Wildman–Crippen MR) is 77.3 cm³/mol. The SMILES string of the molecule is Cc1ccc(CNS(=O)(=O)c2cccc(CN)c2)cn1. The number of aromatic nitrogens is 1. The van der Waals surface area contributed by atoms with E-state index in [1.165, 1.54) is 0 Å². The van der Waals surface area contributed by atoms with Crippen molar-refractivity contribution in [3.63, 3.8) is 0 Å². The molecule has 1 aromatic carbocycles. The van der Waals surface area contributed by atoms with Crippen molar-refractivity contribution in [1.29, 1.82) is 0 Å². The van der Waals surface area contributed by atoms with Gasteiger partial charge in [-0.1, -0.05) is 18.2 Å². The van der Waals surface area contributed by atoms with Crippen molar-refractivity contribution in [2.75, 3.05) is 0 Å². The van der Waals surface area contributed by atoms with E-state index in [9.17, 15) is 8.42 Å². The molecule has 2 rings (SSSR count). The van der Waals surface area contributed by atoms with Crippen molar-refractivity contribution in [1.82, 2.24) is 9.71 Å². The van der Waals surface area contributed by atoms with Gasteiger partial charge in [-0.25, -0.2) is 13.1 Å². The highest BCUT2D eigenvalue weighted by atomic mass is 32.2. The highest BCUT2D eigenvalue weighted by molar-refractivity contribution is 7.89. The minimum absolute atomic E-state index is 0.211. The van der Waals surface area contributed by atoms with E-state index in [4.69, 9.17) is 5.73 Å². The Bertz CT molecular complexity index is 682. The lowest BCUT2D eigenvalue weighted by atomic mass is 10.2. The first kappa shape index (κ1) is 14.6. The fraction of sp³-hybridized carbons (Fsp3) is 0.214. The van der Waals surface area contributed by atoms with Gasteiger partial charge in [-0.05, 0) is 36.2 Å². The van der Waals surface area contributed by atoms with Crippen molar-refractivity contribution >= 4 is 10.0 Å². The number of nitrogens with zero attached hydrogens (tertiary/aromatic N) is 1. The van der Waals surface area contributed by atoms with Crippen molar-refractivity contribution < 1.29 is 8.42 Å². The van der Waals surface area contributed by atoms with Gasteiger partial charge in [0.05, 0.1) is 4.90 Å². The van der Waals surface area contributed by atoms with Gasteiger partial charge in [0.25, 0.3) is 0 Å². The normalized spacial score (nSPS) is 11.5. The summed E-state index contributed by atoms with van der Waals surface area (Å²) in [6.45, 7) is 2.40. The molecule has 0 unspecified atom stereocenters. The molecule has 5 nitrogen and oxygen atoms in total. The van der Waals surface area contributed by atoms with E-state index in [1.54, 1.807) is 30.5 Å². The number of benzene rings is 1. The molecule has 0 saturated carbocycles. The van der Waals surface area contributed by atoms with Crippen LogP contribution in [0.5, 0.6) is 0 Å². The molecule has 1 aromatic heterocycles. The highest BCUT2D eigenvalue weighted by Gasteiger charge is 2.13. The monoisotopic (exact) mass is 291 g/mol. The summed E-state index contributed by atoms with van der Waals surface area (Å²) in [4.78, 5) is 4.35. The fourth-order valence-corrected chi connectivity index (χ4v) is 2.79. The number of aryl methyl sites for hydroxylation is 1. The average Bonchev–Trinajstić information content (AvgIpc) is 2.47. The molecule has 6 heteroatoms. The zero-order valence-electron chi connectivity index (χ0n) is 11.2. The lowest BCUT2D eigenvalue weighted by Gasteiger charge is -2.08. The number of sulfonamides is 1. The first-order valence-corrected chi connectivity index (χ1v) is 7.70. The number of hydrogen-bond donors (Lipinski definition) is 2. The van der Waals surface area contributed by atoms with Crippen molar-refractivity contribution in [3.8, 4) is 0 Å². The van der Waals surface area contributed by atoms with Crippen LogP contribution >= 0.6 is 0 Å². The standard InChI is InChI=1S/C14H17N3O2S/c1-11-5-6-13(9-16-11)10-17-20(18,19)14-4-2-3-12(7-14)8-15/h2-7,9,17H,8,10,15H2,1H3. The maximum absolute atomic E-state index is 12.2. The first-order chi connectivity index (χ1) is 9.51. The summed E-state index contributed by atoms with van der Waals surface area (Å²) >= 11 is 0. The van der Waals surface area contributed by atoms with E-state index in [1.807, 2.05) is 19.1 Å². The van der Waals surface area contributed by atoms with Crippen LogP contribution in [-0.4, -0.2) is 13.4 Å². The number of hydrogen-bond acceptors (Lipinski definition) is 4. The van der Waals surface area contributed by atoms with Gasteiger partial charge in [0.2, 0.25) is 10.0 Å². The third-order valence-corrected chi connectivity index (χ3v) is 4.28. The Balaban J connectivity index is 2.12. The summed E-state index contributed by atoms with van der Waals surface area (Å²) < 4.78 is 26.9. The number of pyridine rings is 1. The zero-order chi connectivity index (χ0) is 14.6. The Labute approximate surface area is 118 Å². The van der Waals surface area contributed by atoms with Crippen LogP contribution in [0, 0.1) is 6.92 Å². The lowest BCUT2D eigenvalue weighted by molar-refractivity contribution is 0.581. The molecule has 3 N–H and O–H groups in total. The van der Waals surface area contributed by atoms with Crippen molar-refractivity contribution in [2.45, 2.75) is 24.9 Å². The summed E-state index contributed by atoms with van der Waals surface area (Å²) in [5.41, 5.74) is 8.01. The smallest absolute Gasteiger partial charge is 0.240 e. The van der Waals surface area contributed by atoms with Crippen molar-refractivity contribution in [2.24, 2.45) is 5.73 Å². The minimum atomic E-state index is -3.53. The highest BCUT2D eigenvalue weighted by Crippen LogP contribution is 2.11. The summed E-state index contributed by atoms with van der Waals surface area (Å²) in [5, 5.41) is 0. The van der Waals surface area contributed by atoms with E-state index in [0.717, 1.165) is 16.8 Å². The van der Waals surface area contributed by atoms with Crippen LogP contribution in [0.3, 0.4) is 0 Å². The van der Waals surface area contributed by atoms with Gasteiger partial charge < -0.3 is 5.73 Å². The van der Waals surface area contributed by atoms with E-state index in [0.29, 0.717) is 6.54 Å². The van der Waals surface area contributed by atoms with Gasteiger partial charge in [-0.3, -0.25) is 4.98 Å². The van der Waals surface area contributed by atoms with Crippen molar-refractivity contribution in [3.05, 3.63) is 59.4 Å². The van der Waals surface area contributed by atoms with Gasteiger partial charge in [-0.15, -0.1) is 0 Å². The zero-order valence-corrected chi connectivity index (χ0v) is 12.0. The van der Waals surface area contributed by atoms with Gasteiger partial charge in [-0.2, -0.15) is 0 Å². The number of rotatable bonds is 5. The largest absolute Gasteiger partial charge is 0.326 e. The molecule has 0 spiro atoms. The van der Waals surface area contributed by atoms with Crippen LogP contribution in [0.15, 0.2) is 47.5 Å². The maximum Gasteiger partial charge on any atom is 0.240 e. The summed E-state index contributed by atoms with van der Waals surface area (Å²) in [5.74, 6) is 0. The number of nitrogens with one attached hydrogen (secondary N) is 1. The molecule has 0 bridgehead atoms. The molecule has 0 saturated heterocycles. The summed E-state index contributed by atoms with van der Waals surface area (Å²) in [6, 6.07) is 10.3.